The van der Waals surface area contributed by atoms with E-state index in [4.69, 9.17) is 4.74 Å². The van der Waals surface area contributed by atoms with Crippen molar-refractivity contribution in [2.45, 2.75) is 92.9 Å². The van der Waals surface area contributed by atoms with E-state index in [1.807, 2.05) is 21.9 Å². The molecule has 2 amide bonds. The van der Waals surface area contributed by atoms with E-state index in [0.29, 0.717) is 39.1 Å². The maximum atomic E-state index is 13.1. The van der Waals surface area contributed by atoms with Crippen LogP contribution in [0.1, 0.15) is 91.2 Å². The van der Waals surface area contributed by atoms with Gasteiger partial charge in [0.15, 0.2) is 0 Å². The van der Waals surface area contributed by atoms with Gasteiger partial charge in [-0.3, -0.25) is 9.59 Å². The highest BCUT2D eigenvalue weighted by atomic mass is 16.5. The summed E-state index contributed by atoms with van der Waals surface area (Å²) in [6.45, 7) is 16.9. The lowest BCUT2D eigenvalue weighted by Gasteiger charge is -2.36. The predicted octanol–water partition coefficient (Wildman–Crippen LogP) is 7.58. The summed E-state index contributed by atoms with van der Waals surface area (Å²) in [6, 6.07) is 20.8. The van der Waals surface area contributed by atoms with Gasteiger partial charge in [-0.25, -0.2) is 0 Å². The summed E-state index contributed by atoms with van der Waals surface area (Å²) in [5.41, 5.74) is 2.14. The Hall–Kier alpha value is -2.66. The van der Waals surface area contributed by atoms with Crippen LogP contribution in [0.4, 0.5) is 0 Å². The molecule has 228 valence electrons. The van der Waals surface area contributed by atoms with Crippen molar-refractivity contribution in [2.24, 2.45) is 10.8 Å². The SMILES string of the molecule is CCCCC(=O)N(CCc1ccccc1)CC(C)(C)COCC(C)(C)CN(CCc1ccccc1)C(=O)CCCC. The zero-order chi connectivity index (χ0) is 30.1. The first-order valence-corrected chi connectivity index (χ1v) is 15.8. The molecule has 0 atom stereocenters. The summed E-state index contributed by atoms with van der Waals surface area (Å²) in [7, 11) is 0. The van der Waals surface area contributed by atoms with Crippen LogP contribution in [-0.4, -0.2) is 61.0 Å². The Morgan fingerprint density at radius 3 is 1.34 bits per heavy atom. The average molecular weight is 565 g/mol. The number of carbonyl (C=O) groups excluding carboxylic acids is 2. The van der Waals surface area contributed by atoms with E-state index in [9.17, 15) is 9.59 Å². The summed E-state index contributed by atoms with van der Waals surface area (Å²) in [5.74, 6) is 0.465. The number of rotatable bonds is 20. The normalized spacial score (nSPS) is 11.9. The van der Waals surface area contributed by atoms with Crippen LogP contribution in [0.5, 0.6) is 0 Å². The number of hydrogen-bond acceptors (Lipinski definition) is 3. The Bertz CT molecular complexity index is 923. The average Bonchev–Trinajstić information content (AvgIpc) is 2.95. The van der Waals surface area contributed by atoms with E-state index < -0.39 is 0 Å². The van der Waals surface area contributed by atoms with Gasteiger partial charge in [-0.2, -0.15) is 0 Å². The quantitative estimate of drug-likeness (QED) is 0.167. The number of hydrogen-bond donors (Lipinski definition) is 0. The van der Waals surface area contributed by atoms with Crippen molar-refractivity contribution in [1.82, 2.24) is 9.80 Å². The third-order valence-electron chi connectivity index (χ3n) is 7.44. The van der Waals surface area contributed by atoms with Crippen LogP contribution < -0.4 is 0 Å². The second kappa shape index (κ2) is 18.0. The molecule has 0 saturated heterocycles. The van der Waals surface area contributed by atoms with Gasteiger partial charge in [0.05, 0.1) is 13.2 Å². The molecule has 0 radical (unpaired) electrons. The van der Waals surface area contributed by atoms with Crippen LogP contribution in [0.15, 0.2) is 60.7 Å². The van der Waals surface area contributed by atoms with Crippen molar-refractivity contribution in [3.63, 3.8) is 0 Å². The molecular formula is C36H56N2O3. The molecule has 0 aliphatic heterocycles. The minimum absolute atomic E-state index is 0.182. The fraction of sp³-hybridized carbons (Fsp3) is 0.611. The van der Waals surface area contributed by atoms with Crippen molar-refractivity contribution >= 4 is 11.8 Å². The molecule has 0 heterocycles. The molecule has 41 heavy (non-hydrogen) atoms. The second-order valence-corrected chi connectivity index (χ2v) is 13.1. The number of carbonyl (C=O) groups is 2. The third-order valence-corrected chi connectivity index (χ3v) is 7.44. The second-order valence-electron chi connectivity index (χ2n) is 13.1. The Morgan fingerprint density at radius 1 is 0.634 bits per heavy atom. The van der Waals surface area contributed by atoms with Crippen molar-refractivity contribution in [3.8, 4) is 0 Å². The highest BCUT2D eigenvalue weighted by Crippen LogP contribution is 2.24. The minimum Gasteiger partial charge on any atom is -0.380 e. The molecule has 2 aromatic carbocycles. The van der Waals surface area contributed by atoms with Gasteiger partial charge in [0.2, 0.25) is 11.8 Å². The van der Waals surface area contributed by atoms with E-state index in [0.717, 1.165) is 51.6 Å². The molecule has 0 saturated carbocycles. The lowest BCUT2D eigenvalue weighted by Crippen LogP contribution is -2.44. The summed E-state index contributed by atoms with van der Waals surface area (Å²) in [6.07, 6.45) is 6.78. The molecule has 5 nitrogen and oxygen atoms in total. The van der Waals surface area contributed by atoms with Gasteiger partial charge >= 0.3 is 0 Å². The molecule has 0 fully saturated rings. The lowest BCUT2D eigenvalue weighted by molar-refractivity contribution is -0.133. The molecule has 2 aromatic rings. The van der Waals surface area contributed by atoms with E-state index >= 15 is 0 Å². The Morgan fingerprint density at radius 2 is 1.00 bits per heavy atom. The summed E-state index contributed by atoms with van der Waals surface area (Å²) in [4.78, 5) is 30.3. The third kappa shape index (κ3) is 14.2. The first-order valence-electron chi connectivity index (χ1n) is 15.8. The molecule has 0 aliphatic rings. The molecule has 0 spiro atoms. The van der Waals surface area contributed by atoms with Crippen LogP contribution >= 0.6 is 0 Å². The summed E-state index contributed by atoms with van der Waals surface area (Å²) in [5, 5.41) is 0. The van der Waals surface area contributed by atoms with Crippen LogP contribution in [-0.2, 0) is 27.2 Å². The van der Waals surface area contributed by atoms with Crippen molar-refractivity contribution in [1.29, 1.82) is 0 Å². The number of unbranched alkanes of at least 4 members (excludes halogenated alkanes) is 2. The van der Waals surface area contributed by atoms with Gasteiger partial charge in [0.1, 0.15) is 0 Å². The molecule has 2 rings (SSSR count). The van der Waals surface area contributed by atoms with Gasteiger partial charge in [-0.05, 0) is 36.8 Å². The zero-order valence-corrected chi connectivity index (χ0v) is 26.8. The first kappa shape index (κ1) is 34.5. The maximum Gasteiger partial charge on any atom is 0.222 e. The van der Waals surface area contributed by atoms with Crippen molar-refractivity contribution < 1.29 is 14.3 Å². The molecule has 0 bridgehead atoms. The van der Waals surface area contributed by atoms with Gasteiger partial charge < -0.3 is 14.5 Å². The zero-order valence-electron chi connectivity index (χ0n) is 26.8. The number of amides is 2. The largest absolute Gasteiger partial charge is 0.380 e. The fourth-order valence-electron chi connectivity index (χ4n) is 5.10. The Kier molecular flexibility index (Phi) is 15.2. The van der Waals surface area contributed by atoms with Crippen LogP contribution in [0, 0.1) is 10.8 Å². The first-order chi connectivity index (χ1) is 19.5. The van der Waals surface area contributed by atoms with E-state index in [1.54, 1.807) is 0 Å². The van der Waals surface area contributed by atoms with Crippen molar-refractivity contribution in [3.05, 3.63) is 71.8 Å². The number of benzene rings is 2. The molecule has 0 aromatic heterocycles. The smallest absolute Gasteiger partial charge is 0.222 e. The Labute approximate surface area is 250 Å². The van der Waals surface area contributed by atoms with Gasteiger partial charge in [-0.15, -0.1) is 0 Å². The summed E-state index contributed by atoms with van der Waals surface area (Å²) >= 11 is 0. The number of ether oxygens (including phenoxy) is 1. The van der Waals surface area contributed by atoms with Crippen molar-refractivity contribution in [2.75, 3.05) is 39.4 Å². The van der Waals surface area contributed by atoms with E-state index in [2.05, 4.69) is 90.1 Å². The van der Waals surface area contributed by atoms with Gasteiger partial charge in [0, 0.05) is 49.9 Å². The van der Waals surface area contributed by atoms with Crippen LogP contribution in [0.2, 0.25) is 0 Å². The van der Waals surface area contributed by atoms with Crippen LogP contribution in [0.3, 0.4) is 0 Å². The highest BCUT2D eigenvalue weighted by molar-refractivity contribution is 5.76. The minimum atomic E-state index is -0.182. The molecule has 0 aliphatic carbocycles. The molecular weight excluding hydrogens is 508 g/mol. The number of nitrogens with zero attached hydrogens (tertiary/aromatic N) is 2. The topological polar surface area (TPSA) is 49.9 Å². The summed E-state index contributed by atoms with van der Waals surface area (Å²) < 4.78 is 6.34. The molecule has 0 N–H and O–H groups in total. The van der Waals surface area contributed by atoms with Gasteiger partial charge in [-0.1, -0.05) is 115 Å². The van der Waals surface area contributed by atoms with Crippen LogP contribution in [0.25, 0.3) is 0 Å². The molecule has 5 heteroatoms. The van der Waals surface area contributed by atoms with Gasteiger partial charge in [0.25, 0.3) is 0 Å². The lowest BCUT2D eigenvalue weighted by atomic mass is 9.91. The van der Waals surface area contributed by atoms with E-state index in [1.165, 1.54) is 11.1 Å². The standard InChI is InChI=1S/C36H56N2O3/c1-7-9-21-33(39)37(25-23-31-17-13-11-14-18-31)27-35(3,4)29-41-30-36(5,6)28-38(34(40)22-10-8-2)26-24-32-19-15-12-16-20-32/h11-20H,7-10,21-30H2,1-6H3. The Balaban J connectivity index is 1.95. The maximum absolute atomic E-state index is 13.1. The molecule has 0 unspecified atom stereocenters. The van der Waals surface area contributed by atoms with E-state index in [-0.39, 0.29) is 22.6 Å². The highest BCUT2D eigenvalue weighted by Gasteiger charge is 2.29. The monoisotopic (exact) mass is 564 g/mol. The fourth-order valence-corrected chi connectivity index (χ4v) is 5.10. The predicted molar refractivity (Wildman–Crippen MR) is 171 cm³/mol.